The van der Waals surface area contributed by atoms with Gasteiger partial charge in [0.25, 0.3) is 0 Å². The Hall–Kier alpha value is -2.78. The molecule has 3 N–H and O–H groups in total. The number of hydrogen-bond donors (Lipinski definition) is 3. The molecule has 0 spiro atoms. The Bertz CT molecular complexity index is 1160. The number of aromatic carboxylic acids is 1. The van der Waals surface area contributed by atoms with Crippen LogP contribution in [0.2, 0.25) is 0 Å². The Morgan fingerprint density at radius 3 is 2.61 bits per heavy atom. The van der Waals surface area contributed by atoms with Gasteiger partial charge < -0.3 is 25.0 Å². The van der Waals surface area contributed by atoms with E-state index in [1.54, 1.807) is 31.2 Å². The number of aryl methyl sites for hydroxylation is 1. The molecule has 1 aromatic heterocycles. The summed E-state index contributed by atoms with van der Waals surface area (Å²) < 4.78 is 25.8. The lowest BCUT2D eigenvalue weighted by molar-refractivity contribution is -0.00519. The third-order valence-corrected chi connectivity index (χ3v) is 6.88. The molecule has 3 rings (SSSR count). The van der Waals surface area contributed by atoms with Gasteiger partial charge in [0, 0.05) is 22.5 Å². The van der Waals surface area contributed by atoms with E-state index in [1.165, 1.54) is 11.3 Å². The molecule has 2 aromatic carbocycles. The molecular formula is C28H34FNO5S. The van der Waals surface area contributed by atoms with Gasteiger partial charge >= 0.3 is 5.97 Å². The number of ether oxygens (including phenoxy) is 2. The second-order valence-electron chi connectivity index (χ2n) is 9.55. The maximum atomic E-state index is 13.9. The van der Waals surface area contributed by atoms with Gasteiger partial charge in [-0.2, -0.15) is 0 Å². The molecule has 0 radical (unpaired) electrons. The number of carbonyl (C=O) groups is 1. The van der Waals surface area contributed by atoms with Crippen LogP contribution >= 0.6 is 11.3 Å². The van der Waals surface area contributed by atoms with Crippen molar-refractivity contribution in [2.24, 2.45) is 0 Å². The van der Waals surface area contributed by atoms with Gasteiger partial charge in [0.05, 0.1) is 18.8 Å². The van der Waals surface area contributed by atoms with Crippen LogP contribution < -0.4 is 10.1 Å². The molecule has 0 amide bonds. The third-order valence-electron chi connectivity index (χ3n) is 5.84. The monoisotopic (exact) mass is 515 g/mol. The zero-order valence-electron chi connectivity index (χ0n) is 21.1. The highest BCUT2D eigenvalue weighted by Crippen LogP contribution is 2.29. The van der Waals surface area contributed by atoms with Gasteiger partial charge in [0.1, 0.15) is 23.1 Å². The molecule has 1 heterocycles. The molecule has 0 saturated carbocycles. The number of para-hydroxylation sites is 1. The van der Waals surface area contributed by atoms with Gasteiger partial charge in [-0.25, -0.2) is 9.18 Å². The number of β-amino-alcohol motifs (C(OH)–C–C–N with tert-alkyl or cyclic N) is 1. The second-order valence-corrected chi connectivity index (χ2v) is 10.7. The van der Waals surface area contributed by atoms with Crippen LogP contribution in [0.25, 0.3) is 0 Å². The van der Waals surface area contributed by atoms with Crippen molar-refractivity contribution in [3.8, 4) is 5.75 Å². The minimum absolute atomic E-state index is 0.130. The first-order valence-electron chi connectivity index (χ1n) is 11.9. The number of thiophene rings is 1. The number of hydrogen-bond acceptors (Lipinski definition) is 6. The van der Waals surface area contributed by atoms with Crippen LogP contribution in [-0.2, 0) is 17.8 Å². The molecule has 0 unspecified atom stereocenters. The van der Waals surface area contributed by atoms with Gasteiger partial charge in [-0.1, -0.05) is 30.3 Å². The molecule has 2 atom stereocenters. The molecule has 0 aliphatic heterocycles. The highest BCUT2D eigenvalue weighted by molar-refractivity contribution is 7.13. The predicted octanol–water partition coefficient (Wildman–Crippen LogP) is 5.52. The van der Waals surface area contributed by atoms with Crippen LogP contribution in [0.3, 0.4) is 0 Å². The third kappa shape index (κ3) is 8.13. The van der Waals surface area contributed by atoms with Crippen molar-refractivity contribution >= 4 is 17.3 Å². The molecule has 3 aromatic rings. The number of aliphatic hydroxyl groups is 1. The molecule has 0 bridgehead atoms. The first-order chi connectivity index (χ1) is 17.0. The quantitative estimate of drug-likeness (QED) is 0.278. The smallest absolute Gasteiger partial charge is 0.345 e. The Morgan fingerprint density at radius 1 is 1.17 bits per heavy atom. The van der Waals surface area contributed by atoms with Crippen LogP contribution in [-0.4, -0.2) is 41.0 Å². The maximum Gasteiger partial charge on any atom is 0.345 e. The Kier molecular flexibility index (Phi) is 9.62. The Labute approximate surface area is 215 Å². The number of benzene rings is 2. The van der Waals surface area contributed by atoms with Crippen LogP contribution in [0.5, 0.6) is 5.75 Å². The minimum atomic E-state index is -0.950. The lowest BCUT2D eigenvalue weighted by atomic mass is 9.94. The number of rotatable bonds is 13. The van der Waals surface area contributed by atoms with E-state index in [0.29, 0.717) is 24.3 Å². The largest absolute Gasteiger partial charge is 0.488 e. The van der Waals surface area contributed by atoms with E-state index in [9.17, 15) is 14.3 Å². The Morgan fingerprint density at radius 2 is 1.92 bits per heavy atom. The summed E-state index contributed by atoms with van der Waals surface area (Å²) in [6, 6.07) is 16.1. The zero-order valence-corrected chi connectivity index (χ0v) is 21.9. The average molecular weight is 516 g/mol. The minimum Gasteiger partial charge on any atom is -0.488 e. The fraction of sp³-hybridized carbons (Fsp3) is 0.393. The van der Waals surface area contributed by atoms with E-state index < -0.39 is 12.1 Å². The van der Waals surface area contributed by atoms with Crippen LogP contribution in [0.1, 0.15) is 58.1 Å². The van der Waals surface area contributed by atoms with Crippen molar-refractivity contribution in [3.63, 3.8) is 0 Å². The van der Waals surface area contributed by atoms with E-state index in [4.69, 9.17) is 14.6 Å². The normalized spacial score (nSPS) is 13.4. The van der Waals surface area contributed by atoms with E-state index in [2.05, 4.69) is 5.32 Å². The lowest BCUT2D eigenvalue weighted by Crippen LogP contribution is -2.46. The topological polar surface area (TPSA) is 88.0 Å². The Balaban J connectivity index is 1.49. The predicted molar refractivity (Wildman–Crippen MR) is 139 cm³/mol. The number of aliphatic hydroxyl groups excluding tert-OH is 1. The zero-order chi connectivity index (χ0) is 26.3. The van der Waals surface area contributed by atoms with Crippen molar-refractivity contribution in [1.82, 2.24) is 5.32 Å². The van der Waals surface area contributed by atoms with Gasteiger partial charge in [0.2, 0.25) is 0 Å². The van der Waals surface area contributed by atoms with Crippen molar-refractivity contribution < 1.29 is 28.9 Å². The summed E-state index contributed by atoms with van der Waals surface area (Å²) in [6.45, 7) is 8.38. The van der Waals surface area contributed by atoms with Crippen molar-refractivity contribution in [3.05, 3.63) is 86.9 Å². The summed E-state index contributed by atoms with van der Waals surface area (Å²) >= 11 is 1.18. The van der Waals surface area contributed by atoms with Crippen LogP contribution in [0, 0.1) is 12.7 Å². The highest BCUT2D eigenvalue weighted by Gasteiger charge is 2.21. The standard InChI is InChI=1S/C28H34FNO5S/c1-18-9-10-20(13-24(18)29)14-28(3,4)30-15-21(31)16-34-19(2)23-7-5-6-8-25(23)35-17-22-11-12-26(36-22)27(32)33/h5-13,19,21,30-31H,14-17H2,1-4H3,(H,32,33)/t19-,21-/m1/s1. The van der Waals surface area contributed by atoms with E-state index in [1.807, 2.05) is 51.1 Å². The fourth-order valence-electron chi connectivity index (χ4n) is 3.78. The highest BCUT2D eigenvalue weighted by atomic mass is 32.1. The lowest BCUT2D eigenvalue weighted by Gasteiger charge is -2.28. The number of halogens is 1. The SMILES string of the molecule is Cc1ccc(CC(C)(C)NC[C@@H](O)CO[C@H](C)c2ccccc2OCc2ccc(C(=O)O)s2)cc1F. The summed E-state index contributed by atoms with van der Waals surface area (Å²) in [5.41, 5.74) is 2.02. The van der Waals surface area contributed by atoms with Gasteiger partial charge in [0.15, 0.2) is 0 Å². The summed E-state index contributed by atoms with van der Waals surface area (Å²) in [6.07, 6.45) is -0.427. The molecule has 0 fully saturated rings. The summed E-state index contributed by atoms with van der Waals surface area (Å²) in [7, 11) is 0. The van der Waals surface area contributed by atoms with Crippen molar-refractivity contribution in [1.29, 1.82) is 0 Å². The van der Waals surface area contributed by atoms with E-state index in [-0.39, 0.29) is 35.6 Å². The average Bonchev–Trinajstić information content (AvgIpc) is 3.32. The first kappa shape index (κ1) is 27.8. The second kappa shape index (κ2) is 12.5. The fourth-order valence-corrected chi connectivity index (χ4v) is 4.54. The van der Waals surface area contributed by atoms with Crippen molar-refractivity contribution in [2.75, 3.05) is 13.2 Å². The molecule has 0 aliphatic rings. The summed E-state index contributed by atoms with van der Waals surface area (Å²) in [5.74, 6) is -0.515. The molecule has 194 valence electrons. The van der Waals surface area contributed by atoms with Crippen molar-refractivity contribution in [2.45, 2.75) is 58.5 Å². The van der Waals surface area contributed by atoms with E-state index >= 15 is 0 Å². The number of carboxylic acids is 1. The van der Waals surface area contributed by atoms with E-state index in [0.717, 1.165) is 16.0 Å². The molecule has 6 nitrogen and oxygen atoms in total. The molecule has 36 heavy (non-hydrogen) atoms. The molecule has 0 aliphatic carbocycles. The van der Waals surface area contributed by atoms with Gasteiger partial charge in [-0.05, 0) is 69.5 Å². The molecule has 8 heteroatoms. The summed E-state index contributed by atoms with van der Waals surface area (Å²) in [4.78, 5) is 12.2. The summed E-state index contributed by atoms with van der Waals surface area (Å²) in [5, 5.41) is 22.9. The number of nitrogens with one attached hydrogen (secondary N) is 1. The van der Waals surface area contributed by atoms with Gasteiger partial charge in [-0.3, -0.25) is 0 Å². The van der Waals surface area contributed by atoms with Crippen LogP contribution in [0.4, 0.5) is 4.39 Å². The number of carboxylic acid groups (broad SMARTS) is 1. The maximum absolute atomic E-state index is 13.9. The van der Waals surface area contributed by atoms with Crippen LogP contribution in [0.15, 0.2) is 54.6 Å². The van der Waals surface area contributed by atoms with Gasteiger partial charge in [-0.15, -0.1) is 11.3 Å². The molecule has 0 saturated heterocycles. The first-order valence-corrected chi connectivity index (χ1v) is 12.7. The molecular weight excluding hydrogens is 481 g/mol.